The highest BCUT2D eigenvalue weighted by atomic mass is 16.5. The monoisotopic (exact) mass is 448 g/mol. The van der Waals surface area contributed by atoms with Crippen molar-refractivity contribution < 1.29 is 14.3 Å². The average Bonchev–Trinajstić information content (AvgIpc) is 3.12. The van der Waals surface area contributed by atoms with Gasteiger partial charge in [-0.2, -0.15) is 5.01 Å². The molecule has 0 aliphatic carbocycles. The third-order valence-electron chi connectivity index (χ3n) is 5.98. The van der Waals surface area contributed by atoms with E-state index in [0.29, 0.717) is 61.1 Å². The van der Waals surface area contributed by atoms with Crippen LogP contribution >= 0.6 is 0 Å². The molecule has 0 radical (unpaired) electrons. The van der Waals surface area contributed by atoms with Crippen LogP contribution in [0.3, 0.4) is 0 Å². The molecule has 2 fully saturated rings. The summed E-state index contributed by atoms with van der Waals surface area (Å²) in [6.07, 6.45) is 5.60. The van der Waals surface area contributed by atoms with Crippen molar-refractivity contribution in [3.8, 4) is 11.4 Å². The van der Waals surface area contributed by atoms with Crippen LogP contribution in [-0.2, 0) is 14.3 Å². The minimum atomic E-state index is -0.309. The highest BCUT2D eigenvalue weighted by molar-refractivity contribution is 6.05. The third-order valence-corrected chi connectivity index (χ3v) is 5.98. The average molecular weight is 448 g/mol. The maximum Gasteiger partial charge on any atom is 0.251 e. The molecule has 5 rings (SSSR count). The molecule has 1 aromatic carbocycles. The highest BCUT2D eigenvalue weighted by Crippen LogP contribution is 2.40. The number of hydrogen-bond donors (Lipinski definition) is 2. The zero-order valence-corrected chi connectivity index (χ0v) is 18.2. The van der Waals surface area contributed by atoms with Crippen molar-refractivity contribution in [3.63, 3.8) is 0 Å². The fourth-order valence-corrected chi connectivity index (χ4v) is 4.17. The SMILES string of the molecule is CCC1CC(=O)N(Nc2ccc(-c3ncc4nccnc4n3)c(N3CCOCC3)c2N)C1=O. The fourth-order valence-electron chi connectivity index (χ4n) is 4.17. The maximum atomic E-state index is 12.6. The summed E-state index contributed by atoms with van der Waals surface area (Å²) < 4.78 is 5.51. The molecule has 4 heterocycles. The molecule has 1 unspecified atom stereocenters. The fraction of sp³-hybridized carbons (Fsp3) is 0.364. The first kappa shape index (κ1) is 21.0. The van der Waals surface area contributed by atoms with E-state index in [0.717, 1.165) is 16.3 Å². The number of amides is 2. The summed E-state index contributed by atoms with van der Waals surface area (Å²) in [5, 5.41) is 1.07. The molecule has 0 spiro atoms. The molecule has 170 valence electrons. The van der Waals surface area contributed by atoms with Crippen LogP contribution in [0.25, 0.3) is 22.6 Å². The van der Waals surface area contributed by atoms with Crippen molar-refractivity contribution in [1.29, 1.82) is 0 Å². The van der Waals surface area contributed by atoms with Gasteiger partial charge in [-0.1, -0.05) is 6.92 Å². The van der Waals surface area contributed by atoms with E-state index in [1.807, 2.05) is 13.0 Å². The third kappa shape index (κ3) is 3.80. The Labute approximate surface area is 190 Å². The van der Waals surface area contributed by atoms with Gasteiger partial charge >= 0.3 is 0 Å². The molecule has 11 heteroatoms. The summed E-state index contributed by atoms with van der Waals surface area (Å²) in [4.78, 5) is 44.7. The number of carbonyl (C=O) groups excluding carboxylic acids is 2. The number of nitrogen functional groups attached to an aromatic ring is 1. The molecule has 2 aliphatic heterocycles. The summed E-state index contributed by atoms with van der Waals surface area (Å²) >= 11 is 0. The summed E-state index contributed by atoms with van der Waals surface area (Å²) in [6, 6.07) is 3.57. The summed E-state index contributed by atoms with van der Waals surface area (Å²) in [6.45, 7) is 4.28. The molecule has 0 saturated carbocycles. The van der Waals surface area contributed by atoms with Gasteiger partial charge in [0.05, 0.1) is 36.5 Å². The first-order valence-corrected chi connectivity index (χ1v) is 10.9. The van der Waals surface area contributed by atoms with E-state index in [9.17, 15) is 9.59 Å². The van der Waals surface area contributed by atoms with Gasteiger partial charge in [0.15, 0.2) is 11.5 Å². The lowest BCUT2D eigenvalue weighted by atomic mass is 10.1. The van der Waals surface area contributed by atoms with Gasteiger partial charge in [-0.05, 0) is 18.6 Å². The molecule has 2 aliphatic rings. The van der Waals surface area contributed by atoms with Crippen molar-refractivity contribution in [2.75, 3.05) is 42.4 Å². The van der Waals surface area contributed by atoms with Gasteiger partial charge < -0.3 is 15.4 Å². The number of fused-ring (bicyclic) bond motifs is 1. The van der Waals surface area contributed by atoms with E-state index in [1.165, 1.54) is 0 Å². The number of hydrogen-bond acceptors (Lipinski definition) is 10. The van der Waals surface area contributed by atoms with E-state index in [2.05, 4.69) is 30.3 Å². The van der Waals surface area contributed by atoms with Gasteiger partial charge in [0.2, 0.25) is 5.91 Å². The largest absolute Gasteiger partial charge is 0.395 e. The number of rotatable bonds is 5. The normalized spacial score (nSPS) is 18.9. The Hall–Kier alpha value is -3.86. The second-order valence-corrected chi connectivity index (χ2v) is 7.97. The van der Waals surface area contributed by atoms with E-state index < -0.39 is 0 Å². The van der Waals surface area contributed by atoms with Gasteiger partial charge in [-0.3, -0.25) is 15.0 Å². The molecular weight excluding hydrogens is 424 g/mol. The number of morpholine rings is 1. The molecular formula is C22H24N8O3. The smallest absolute Gasteiger partial charge is 0.251 e. The van der Waals surface area contributed by atoms with Crippen molar-refractivity contribution >= 4 is 40.0 Å². The molecule has 1 atom stereocenters. The molecule has 2 aromatic heterocycles. The van der Waals surface area contributed by atoms with E-state index in [1.54, 1.807) is 24.7 Å². The molecule has 2 amide bonds. The number of aromatic nitrogens is 4. The second-order valence-electron chi connectivity index (χ2n) is 7.97. The van der Waals surface area contributed by atoms with E-state index in [-0.39, 0.29) is 24.2 Å². The highest BCUT2D eigenvalue weighted by Gasteiger charge is 2.38. The van der Waals surface area contributed by atoms with Crippen molar-refractivity contribution in [3.05, 3.63) is 30.7 Å². The van der Waals surface area contributed by atoms with E-state index >= 15 is 0 Å². The predicted octanol–water partition coefficient (Wildman–Crippen LogP) is 1.62. The van der Waals surface area contributed by atoms with Gasteiger partial charge in [-0.25, -0.2) is 19.9 Å². The molecule has 3 aromatic rings. The van der Waals surface area contributed by atoms with Crippen LogP contribution in [0.4, 0.5) is 17.1 Å². The minimum Gasteiger partial charge on any atom is -0.395 e. The Bertz CT molecular complexity index is 1230. The zero-order chi connectivity index (χ0) is 22.9. The van der Waals surface area contributed by atoms with Crippen LogP contribution in [0.1, 0.15) is 19.8 Å². The topological polar surface area (TPSA) is 139 Å². The number of nitrogens with zero attached hydrogens (tertiary/aromatic N) is 6. The number of nitrogens with two attached hydrogens (primary N) is 1. The molecule has 11 nitrogen and oxygen atoms in total. The molecule has 33 heavy (non-hydrogen) atoms. The number of nitrogens with one attached hydrogen (secondary N) is 1. The minimum absolute atomic E-state index is 0.197. The first-order valence-electron chi connectivity index (χ1n) is 10.9. The number of ether oxygens (including phenoxy) is 1. The van der Waals surface area contributed by atoms with Gasteiger partial charge in [0.1, 0.15) is 5.52 Å². The number of imide groups is 1. The van der Waals surface area contributed by atoms with Gasteiger partial charge in [-0.15, -0.1) is 0 Å². The lowest BCUT2D eigenvalue weighted by molar-refractivity contribution is -0.137. The summed E-state index contributed by atoms with van der Waals surface area (Å²) in [7, 11) is 0. The molecule has 0 bridgehead atoms. The van der Waals surface area contributed by atoms with Crippen molar-refractivity contribution in [1.82, 2.24) is 24.9 Å². The Morgan fingerprint density at radius 2 is 1.94 bits per heavy atom. The summed E-state index contributed by atoms with van der Waals surface area (Å²) in [5.74, 6) is -0.353. The molecule has 2 saturated heterocycles. The quantitative estimate of drug-likeness (QED) is 0.437. The lowest BCUT2D eigenvalue weighted by Gasteiger charge is -2.32. The van der Waals surface area contributed by atoms with Crippen LogP contribution < -0.4 is 16.1 Å². The second kappa shape index (κ2) is 8.58. The van der Waals surface area contributed by atoms with Crippen molar-refractivity contribution in [2.45, 2.75) is 19.8 Å². The van der Waals surface area contributed by atoms with Gasteiger partial charge in [0.25, 0.3) is 5.91 Å². The lowest BCUT2D eigenvalue weighted by Crippen LogP contribution is -2.38. The number of anilines is 3. The Balaban J connectivity index is 1.57. The van der Waals surface area contributed by atoms with Crippen LogP contribution in [0.15, 0.2) is 30.7 Å². The predicted molar refractivity (Wildman–Crippen MR) is 122 cm³/mol. The van der Waals surface area contributed by atoms with Gasteiger partial charge in [0, 0.05) is 43.4 Å². The van der Waals surface area contributed by atoms with Crippen LogP contribution in [0, 0.1) is 5.92 Å². The summed E-state index contributed by atoms with van der Waals surface area (Å²) in [5.41, 5.74) is 13.0. The van der Waals surface area contributed by atoms with Crippen LogP contribution in [-0.4, -0.2) is 63.1 Å². The Kier molecular flexibility index (Phi) is 5.47. The van der Waals surface area contributed by atoms with Crippen LogP contribution in [0.5, 0.6) is 0 Å². The zero-order valence-electron chi connectivity index (χ0n) is 18.2. The van der Waals surface area contributed by atoms with E-state index in [4.69, 9.17) is 10.5 Å². The number of carbonyl (C=O) groups is 2. The Morgan fingerprint density at radius 3 is 2.70 bits per heavy atom. The first-order chi connectivity index (χ1) is 16.1. The van der Waals surface area contributed by atoms with Crippen molar-refractivity contribution in [2.24, 2.45) is 5.92 Å². The maximum absolute atomic E-state index is 12.6. The standard InChI is InChI=1S/C22H24N8O3/c1-2-13-11-17(31)30(22(13)32)28-15-4-3-14(19(18(15)23)29-7-9-33-10-8-29)20-26-12-16-21(27-20)25-6-5-24-16/h3-6,12-13,28H,2,7-11,23H2,1H3. The molecule has 3 N–H and O–H groups in total. The Morgan fingerprint density at radius 1 is 1.15 bits per heavy atom. The number of benzene rings is 1. The van der Waals surface area contributed by atoms with Crippen LogP contribution in [0.2, 0.25) is 0 Å². The number of hydrazine groups is 1.